The van der Waals surface area contributed by atoms with Gasteiger partial charge < -0.3 is 20.1 Å². The molecule has 5 nitrogen and oxygen atoms in total. The molecule has 1 amide bonds. The number of benzene rings is 1. The minimum Gasteiger partial charge on any atom is -0.450 e. The number of likely N-dealkylation sites (tertiary alicyclic amines) is 1. The smallest absolute Gasteiger partial charge is 0.409 e. The van der Waals surface area contributed by atoms with Crippen molar-refractivity contribution < 1.29 is 14.6 Å². The number of anilines is 1. The van der Waals surface area contributed by atoms with Gasteiger partial charge in [-0.2, -0.15) is 0 Å². The Kier molecular flexibility index (Phi) is 5.87. The fourth-order valence-corrected chi connectivity index (χ4v) is 2.55. The van der Waals surface area contributed by atoms with Crippen LogP contribution in [0.3, 0.4) is 0 Å². The van der Waals surface area contributed by atoms with Gasteiger partial charge in [-0.1, -0.05) is 12.1 Å². The average molecular weight is 292 g/mol. The van der Waals surface area contributed by atoms with Gasteiger partial charge in [0.25, 0.3) is 0 Å². The SMILES string of the molecule is CCOC(=O)N1CCC(Nc2ccc(CCO)cc2)CC1. The van der Waals surface area contributed by atoms with Gasteiger partial charge in [0, 0.05) is 31.4 Å². The molecule has 0 atom stereocenters. The Morgan fingerprint density at radius 3 is 2.57 bits per heavy atom. The second-order valence-electron chi connectivity index (χ2n) is 5.28. The summed E-state index contributed by atoms with van der Waals surface area (Å²) in [6.07, 6.45) is 2.34. The zero-order valence-electron chi connectivity index (χ0n) is 12.5. The molecular formula is C16H24N2O3. The molecule has 0 bridgehead atoms. The molecule has 116 valence electrons. The van der Waals surface area contributed by atoms with Crippen molar-refractivity contribution in [2.45, 2.75) is 32.2 Å². The van der Waals surface area contributed by atoms with E-state index in [1.807, 2.05) is 31.2 Å². The number of carbonyl (C=O) groups excluding carboxylic acids is 1. The number of nitrogens with one attached hydrogen (secondary N) is 1. The van der Waals surface area contributed by atoms with Crippen molar-refractivity contribution in [3.63, 3.8) is 0 Å². The van der Waals surface area contributed by atoms with Crippen LogP contribution < -0.4 is 5.32 Å². The molecule has 0 radical (unpaired) electrons. The highest BCUT2D eigenvalue weighted by atomic mass is 16.6. The van der Waals surface area contributed by atoms with Crippen LogP contribution in [-0.4, -0.2) is 48.4 Å². The Labute approximate surface area is 125 Å². The number of hydrogen-bond donors (Lipinski definition) is 2. The second kappa shape index (κ2) is 7.88. The van der Waals surface area contributed by atoms with Crippen molar-refractivity contribution in [1.82, 2.24) is 4.90 Å². The van der Waals surface area contributed by atoms with E-state index < -0.39 is 0 Å². The van der Waals surface area contributed by atoms with Crippen LogP contribution in [0, 0.1) is 0 Å². The van der Waals surface area contributed by atoms with E-state index in [0.29, 0.717) is 19.1 Å². The molecule has 0 aromatic heterocycles. The molecule has 0 saturated carbocycles. The Bertz CT molecular complexity index is 439. The molecule has 0 unspecified atom stereocenters. The van der Waals surface area contributed by atoms with Gasteiger partial charge in [-0.05, 0) is 43.9 Å². The molecule has 0 aliphatic carbocycles. The fraction of sp³-hybridized carbons (Fsp3) is 0.562. The van der Waals surface area contributed by atoms with Crippen molar-refractivity contribution >= 4 is 11.8 Å². The first kappa shape index (κ1) is 15.6. The van der Waals surface area contributed by atoms with Gasteiger partial charge in [-0.25, -0.2) is 4.79 Å². The fourth-order valence-electron chi connectivity index (χ4n) is 2.55. The zero-order valence-corrected chi connectivity index (χ0v) is 12.5. The number of ether oxygens (including phenoxy) is 1. The summed E-state index contributed by atoms with van der Waals surface area (Å²) in [6.45, 7) is 3.90. The first-order valence-corrected chi connectivity index (χ1v) is 7.61. The van der Waals surface area contributed by atoms with E-state index in [2.05, 4.69) is 5.32 Å². The van der Waals surface area contributed by atoms with Crippen LogP contribution in [0.4, 0.5) is 10.5 Å². The maximum absolute atomic E-state index is 11.6. The topological polar surface area (TPSA) is 61.8 Å². The molecule has 1 aromatic carbocycles. The Morgan fingerprint density at radius 2 is 2.00 bits per heavy atom. The molecule has 1 heterocycles. The van der Waals surface area contributed by atoms with E-state index in [9.17, 15) is 4.79 Å². The van der Waals surface area contributed by atoms with E-state index in [0.717, 1.165) is 37.2 Å². The predicted octanol–water partition coefficient (Wildman–Crippen LogP) is 2.25. The summed E-state index contributed by atoms with van der Waals surface area (Å²) in [5.41, 5.74) is 2.23. The minimum atomic E-state index is -0.204. The maximum atomic E-state index is 11.6. The molecule has 21 heavy (non-hydrogen) atoms. The third-order valence-electron chi connectivity index (χ3n) is 3.75. The van der Waals surface area contributed by atoms with Gasteiger partial charge >= 0.3 is 6.09 Å². The summed E-state index contributed by atoms with van der Waals surface area (Å²) >= 11 is 0. The van der Waals surface area contributed by atoms with E-state index in [-0.39, 0.29) is 12.7 Å². The summed E-state index contributed by atoms with van der Waals surface area (Å²) in [4.78, 5) is 13.4. The largest absolute Gasteiger partial charge is 0.450 e. The monoisotopic (exact) mass is 292 g/mol. The summed E-state index contributed by atoms with van der Waals surface area (Å²) < 4.78 is 5.02. The van der Waals surface area contributed by atoms with E-state index in [1.165, 1.54) is 0 Å². The van der Waals surface area contributed by atoms with Gasteiger partial charge in [-0.15, -0.1) is 0 Å². The van der Waals surface area contributed by atoms with Crippen molar-refractivity contribution in [2.24, 2.45) is 0 Å². The highest BCUT2D eigenvalue weighted by Crippen LogP contribution is 2.18. The molecule has 1 aliphatic heterocycles. The maximum Gasteiger partial charge on any atom is 0.409 e. The first-order chi connectivity index (χ1) is 10.2. The number of aliphatic hydroxyl groups is 1. The van der Waals surface area contributed by atoms with Crippen molar-refractivity contribution in [1.29, 1.82) is 0 Å². The molecule has 1 saturated heterocycles. The molecule has 0 spiro atoms. The first-order valence-electron chi connectivity index (χ1n) is 7.61. The quantitative estimate of drug-likeness (QED) is 0.874. The van der Waals surface area contributed by atoms with Crippen LogP contribution in [0.25, 0.3) is 0 Å². The Hall–Kier alpha value is -1.75. The predicted molar refractivity (Wildman–Crippen MR) is 82.5 cm³/mol. The second-order valence-corrected chi connectivity index (χ2v) is 5.28. The lowest BCUT2D eigenvalue weighted by Gasteiger charge is -2.32. The summed E-state index contributed by atoms with van der Waals surface area (Å²) in [7, 11) is 0. The third-order valence-corrected chi connectivity index (χ3v) is 3.75. The van der Waals surface area contributed by atoms with Crippen LogP contribution >= 0.6 is 0 Å². The van der Waals surface area contributed by atoms with Gasteiger partial charge in [0.2, 0.25) is 0 Å². The van der Waals surface area contributed by atoms with E-state index in [1.54, 1.807) is 4.90 Å². The highest BCUT2D eigenvalue weighted by Gasteiger charge is 2.23. The third kappa shape index (κ3) is 4.63. The Balaban J connectivity index is 1.79. The normalized spacial score (nSPS) is 15.8. The number of nitrogens with zero attached hydrogens (tertiary/aromatic N) is 1. The van der Waals surface area contributed by atoms with Gasteiger partial charge in [-0.3, -0.25) is 0 Å². The number of rotatable bonds is 5. The summed E-state index contributed by atoms with van der Waals surface area (Å²) in [5.74, 6) is 0. The van der Waals surface area contributed by atoms with E-state index >= 15 is 0 Å². The Morgan fingerprint density at radius 1 is 1.33 bits per heavy atom. The highest BCUT2D eigenvalue weighted by molar-refractivity contribution is 5.67. The molecule has 1 fully saturated rings. The van der Waals surface area contributed by atoms with Crippen LogP contribution in [0.15, 0.2) is 24.3 Å². The molecule has 5 heteroatoms. The zero-order chi connectivity index (χ0) is 15.1. The van der Waals surface area contributed by atoms with Gasteiger partial charge in [0.05, 0.1) is 6.61 Å². The lowest BCUT2D eigenvalue weighted by atomic mass is 10.0. The molecule has 1 aromatic rings. The lowest BCUT2D eigenvalue weighted by Crippen LogP contribution is -2.42. The molecule has 2 rings (SSSR count). The van der Waals surface area contributed by atoms with Crippen LogP contribution in [0.5, 0.6) is 0 Å². The number of carbonyl (C=O) groups is 1. The van der Waals surface area contributed by atoms with Gasteiger partial charge in [0.15, 0.2) is 0 Å². The summed E-state index contributed by atoms with van der Waals surface area (Å²) in [5, 5.41) is 12.4. The number of amides is 1. The minimum absolute atomic E-state index is 0.180. The average Bonchev–Trinajstić information content (AvgIpc) is 2.50. The number of hydrogen-bond acceptors (Lipinski definition) is 4. The molecular weight excluding hydrogens is 268 g/mol. The van der Waals surface area contributed by atoms with Crippen molar-refractivity contribution in [3.8, 4) is 0 Å². The van der Waals surface area contributed by atoms with Crippen molar-refractivity contribution in [2.75, 3.05) is 31.6 Å². The molecule has 1 aliphatic rings. The van der Waals surface area contributed by atoms with Crippen molar-refractivity contribution in [3.05, 3.63) is 29.8 Å². The standard InChI is InChI=1S/C16H24N2O3/c1-2-21-16(20)18-10-7-15(8-11-18)17-14-5-3-13(4-6-14)9-12-19/h3-6,15,17,19H,2,7-12H2,1H3. The molecule has 2 N–H and O–H groups in total. The number of aliphatic hydroxyl groups excluding tert-OH is 1. The van der Waals surface area contributed by atoms with Crippen LogP contribution in [-0.2, 0) is 11.2 Å². The van der Waals surface area contributed by atoms with Crippen LogP contribution in [0.2, 0.25) is 0 Å². The lowest BCUT2D eigenvalue weighted by molar-refractivity contribution is 0.0983. The van der Waals surface area contributed by atoms with E-state index in [4.69, 9.17) is 9.84 Å². The van der Waals surface area contributed by atoms with Gasteiger partial charge in [0.1, 0.15) is 0 Å². The summed E-state index contributed by atoms with van der Waals surface area (Å²) in [6, 6.07) is 8.55. The van der Waals surface area contributed by atoms with Crippen LogP contribution in [0.1, 0.15) is 25.3 Å². The number of piperidine rings is 1.